The van der Waals surface area contributed by atoms with Crippen LogP contribution < -0.4 is 9.47 Å². The van der Waals surface area contributed by atoms with E-state index in [1.165, 1.54) is 19.2 Å². The van der Waals surface area contributed by atoms with Crippen LogP contribution in [0.4, 0.5) is 0 Å². The maximum Gasteiger partial charge on any atom is 0.314 e. The second-order valence-corrected chi connectivity index (χ2v) is 8.72. The van der Waals surface area contributed by atoms with Gasteiger partial charge in [0.1, 0.15) is 5.41 Å². The van der Waals surface area contributed by atoms with Crippen molar-refractivity contribution in [2.75, 3.05) is 20.5 Å². The van der Waals surface area contributed by atoms with Gasteiger partial charge in [0.15, 0.2) is 21.3 Å². The summed E-state index contributed by atoms with van der Waals surface area (Å²) in [5, 5.41) is 8.81. The molecular formula is C19H18O7S. The fourth-order valence-corrected chi connectivity index (χ4v) is 6.30. The molecule has 1 fully saturated rings. The van der Waals surface area contributed by atoms with Crippen molar-refractivity contribution < 1.29 is 32.5 Å². The Kier molecular flexibility index (Phi) is 4.12. The number of hydrogen-bond donors (Lipinski definition) is 1. The Balaban J connectivity index is 1.82. The van der Waals surface area contributed by atoms with Gasteiger partial charge in [-0.3, -0.25) is 4.79 Å². The molecule has 1 aliphatic heterocycles. The minimum Gasteiger partial charge on any atom is -0.481 e. The Hall–Kier alpha value is -2.58. The maximum atomic E-state index is 13.2. The summed E-state index contributed by atoms with van der Waals surface area (Å²) < 4.78 is 42.2. The van der Waals surface area contributed by atoms with E-state index in [1.807, 2.05) is 0 Å². The lowest BCUT2D eigenvalue weighted by molar-refractivity contribution is -0.145. The quantitative estimate of drug-likeness (QED) is 0.806. The number of methoxy groups -OCH3 is 1. The van der Waals surface area contributed by atoms with Gasteiger partial charge in [-0.2, -0.15) is 0 Å². The molecule has 2 aromatic rings. The molecule has 2 aromatic carbocycles. The van der Waals surface area contributed by atoms with Crippen LogP contribution in [0.15, 0.2) is 53.4 Å². The van der Waals surface area contributed by atoms with Crippen LogP contribution in [0, 0.1) is 5.41 Å². The van der Waals surface area contributed by atoms with Crippen LogP contribution in [0.1, 0.15) is 11.5 Å². The predicted molar refractivity (Wildman–Crippen MR) is 94.7 cm³/mol. The summed E-state index contributed by atoms with van der Waals surface area (Å²) in [6.45, 7) is -0.129. The highest BCUT2D eigenvalue weighted by Crippen LogP contribution is 2.65. The van der Waals surface area contributed by atoms with Crippen LogP contribution >= 0.6 is 0 Å². The van der Waals surface area contributed by atoms with E-state index in [0.717, 1.165) is 0 Å². The van der Waals surface area contributed by atoms with Crippen LogP contribution in [-0.4, -0.2) is 45.3 Å². The van der Waals surface area contributed by atoms with Crippen LogP contribution in [0.5, 0.6) is 11.5 Å². The van der Waals surface area contributed by atoms with Crippen molar-refractivity contribution in [2.24, 2.45) is 5.41 Å². The van der Waals surface area contributed by atoms with Crippen molar-refractivity contribution in [3.63, 3.8) is 0 Å². The number of benzene rings is 2. The van der Waals surface area contributed by atoms with Crippen molar-refractivity contribution in [3.8, 4) is 11.5 Å². The molecular weight excluding hydrogens is 372 g/mol. The number of carboxylic acids is 1. The lowest BCUT2D eigenvalue weighted by atomic mass is 9.99. The largest absolute Gasteiger partial charge is 0.481 e. The second kappa shape index (κ2) is 6.24. The average molecular weight is 390 g/mol. The molecule has 3 atom stereocenters. The Morgan fingerprint density at radius 2 is 1.89 bits per heavy atom. The molecule has 1 aliphatic carbocycles. The van der Waals surface area contributed by atoms with E-state index in [0.29, 0.717) is 17.1 Å². The Bertz CT molecular complexity index is 986. The van der Waals surface area contributed by atoms with Crippen LogP contribution in [0.2, 0.25) is 0 Å². The van der Waals surface area contributed by atoms with Crippen molar-refractivity contribution in [1.29, 1.82) is 0 Å². The molecule has 0 bridgehead atoms. The lowest BCUT2D eigenvalue weighted by Crippen LogP contribution is -2.28. The van der Waals surface area contributed by atoms with Crippen molar-refractivity contribution in [2.45, 2.75) is 16.1 Å². The Morgan fingerprint density at radius 1 is 1.19 bits per heavy atom. The molecule has 2 aliphatic rings. The first kappa shape index (κ1) is 17.8. The topological polar surface area (TPSA) is 99.1 Å². The average Bonchev–Trinajstić information content (AvgIpc) is 3.13. The molecule has 0 saturated heterocycles. The highest BCUT2D eigenvalue weighted by molar-refractivity contribution is 7.92. The van der Waals surface area contributed by atoms with Crippen LogP contribution in [-0.2, 0) is 19.4 Å². The summed E-state index contributed by atoms with van der Waals surface area (Å²) in [5.41, 5.74) is -0.986. The highest BCUT2D eigenvalue weighted by atomic mass is 32.2. The molecule has 142 valence electrons. The predicted octanol–water partition coefficient (Wildman–Crippen LogP) is 2.07. The van der Waals surface area contributed by atoms with E-state index in [1.54, 1.807) is 36.4 Å². The minimum absolute atomic E-state index is 0.0807. The number of carboxylic acid groups (broad SMARTS) is 1. The van der Waals surface area contributed by atoms with Gasteiger partial charge in [-0.1, -0.05) is 24.3 Å². The molecule has 1 heterocycles. The summed E-state index contributed by atoms with van der Waals surface area (Å²) in [6, 6.07) is 12.9. The number of fused-ring (bicyclic) bond motifs is 1. The molecule has 27 heavy (non-hydrogen) atoms. The third-order valence-electron chi connectivity index (χ3n) is 5.20. The third-order valence-corrected chi connectivity index (χ3v) is 7.49. The van der Waals surface area contributed by atoms with Gasteiger partial charge in [0.25, 0.3) is 0 Å². The number of hydrogen-bond acceptors (Lipinski definition) is 6. The first-order valence-corrected chi connectivity index (χ1v) is 9.88. The SMILES string of the molecule is COC[C@]1(C(=O)O)[C@@H](c2ccc3c(c2)OCO3)[C@@H]1S(=O)(=O)c1ccccc1. The van der Waals surface area contributed by atoms with E-state index in [2.05, 4.69) is 0 Å². The molecule has 0 unspecified atom stereocenters. The standard InChI is InChI=1S/C19H18O7S/c1-24-10-19(18(20)21)16(12-7-8-14-15(9-12)26-11-25-14)17(19)27(22,23)13-5-3-2-4-6-13/h2-9,16-17H,10-11H2,1H3,(H,20,21)/t16-,17-,19-/m0/s1. The summed E-state index contributed by atoms with van der Waals surface area (Å²) in [6.07, 6.45) is 0. The fraction of sp³-hybridized carbons (Fsp3) is 0.316. The van der Waals surface area contributed by atoms with Gasteiger partial charge in [0.2, 0.25) is 6.79 Å². The van der Waals surface area contributed by atoms with E-state index < -0.39 is 32.4 Å². The van der Waals surface area contributed by atoms with E-state index >= 15 is 0 Å². The lowest BCUT2D eigenvalue weighted by Gasteiger charge is -2.12. The fourth-order valence-electron chi connectivity index (χ4n) is 3.92. The first-order chi connectivity index (χ1) is 12.9. The molecule has 0 radical (unpaired) electrons. The third kappa shape index (κ3) is 2.59. The van der Waals surface area contributed by atoms with Gasteiger partial charge in [0.05, 0.1) is 16.8 Å². The molecule has 0 spiro atoms. The van der Waals surface area contributed by atoms with Gasteiger partial charge >= 0.3 is 5.97 Å². The van der Waals surface area contributed by atoms with Crippen LogP contribution in [0.25, 0.3) is 0 Å². The number of rotatable bonds is 6. The van der Waals surface area contributed by atoms with E-state index in [4.69, 9.17) is 14.2 Å². The molecule has 1 N–H and O–H groups in total. The number of ether oxygens (including phenoxy) is 3. The zero-order valence-electron chi connectivity index (χ0n) is 14.5. The Morgan fingerprint density at radius 3 is 2.56 bits per heavy atom. The summed E-state index contributed by atoms with van der Waals surface area (Å²) in [5.74, 6) is -0.923. The zero-order valence-corrected chi connectivity index (χ0v) is 15.3. The number of aliphatic carboxylic acids is 1. The number of carbonyl (C=O) groups is 1. The normalized spacial score (nSPS) is 26.0. The monoisotopic (exact) mass is 390 g/mol. The second-order valence-electron chi connectivity index (χ2n) is 6.65. The Labute approximate surface area is 156 Å². The highest BCUT2D eigenvalue weighted by Gasteiger charge is 2.76. The summed E-state index contributed by atoms with van der Waals surface area (Å²) in [4.78, 5) is 12.3. The van der Waals surface area contributed by atoms with Gasteiger partial charge < -0.3 is 19.3 Å². The van der Waals surface area contributed by atoms with Crippen molar-refractivity contribution in [3.05, 3.63) is 54.1 Å². The molecule has 1 saturated carbocycles. The smallest absolute Gasteiger partial charge is 0.314 e. The van der Waals surface area contributed by atoms with Gasteiger partial charge in [0, 0.05) is 13.0 Å². The molecule has 0 amide bonds. The molecule has 0 aromatic heterocycles. The minimum atomic E-state index is -3.88. The van der Waals surface area contributed by atoms with Gasteiger partial charge in [-0.15, -0.1) is 0 Å². The van der Waals surface area contributed by atoms with Crippen LogP contribution in [0.3, 0.4) is 0 Å². The van der Waals surface area contributed by atoms with Gasteiger partial charge in [-0.25, -0.2) is 8.42 Å². The molecule has 7 nitrogen and oxygen atoms in total. The zero-order chi connectivity index (χ0) is 19.2. The first-order valence-electron chi connectivity index (χ1n) is 8.34. The van der Waals surface area contributed by atoms with Crippen molar-refractivity contribution in [1.82, 2.24) is 0 Å². The van der Waals surface area contributed by atoms with Gasteiger partial charge in [-0.05, 0) is 29.8 Å². The molecule has 8 heteroatoms. The maximum absolute atomic E-state index is 13.2. The summed E-state index contributed by atoms with van der Waals surface area (Å²) in [7, 11) is -2.52. The summed E-state index contributed by atoms with van der Waals surface area (Å²) >= 11 is 0. The van der Waals surface area contributed by atoms with E-state index in [9.17, 15) is 18.3 Å². The number of sulfone groups is 1. The van der Waals surface area contributed by atoms with E-state index in [-0.39, 0.29) is 18.3 Å². The van der Waals surface area contributed by atoms with Crippen molar-refractivity contribution >= 4 is 15.8 Å². The molecule has 4 rings (SSSR count).